The van der Waals surface area contributed by atoms with Crippen molar-refractivity contribution in [1.82, 2.24) is 0 Å². The van der Waals surface area contributed by atoms with E-state index >= 15 is 17.6 Å². The summed E-state index contributed by atoms with van der Waals surface area (Å²) in [6.07, 6.45) is 3.48. The standard InChI is InChI=1S/C35H38F4O3S2/c1-21-16-22(2)33(23(3)17-21)43(27-10-6-4-7-11-27,28-12-8-5-9-13-28)42-44(40,41)35(38,39)34(36,37)30-20-26-19-29(30)32-25-15-14-24(18-25)31(26)32/h4-13,16-17,24-26,29-32H,14-15,18-20H2,1-3H3. The molecule has 3 aromatic carbocycles. The van der Waals surface area contributed by atoms with Gasteiger partial charge in [0.15, 0.2) is 0 Å². The van der Waals surface area contributed by atoms with E-state index in [1.807, 2.05) is 19.1 Å². The van der Waals surface area contributed by atoms with Crippen LogP contribution in [0.25, 0.3) is 0 Å². The number of hydrogen-bond acceptors (Lipinski definition) is 3. The van der Waals surface area contributed by atoms with E-state index < -0.39 is 43.4 Å². The summed E-state index contributed by atoms with van der Waals surface area (Å²) >= 11 is 0. The molecule has 4 fully saturated rings. The molecule has 0 spiro atoms. The van der Waals surface area contributed by atoms with Crippen molar-refractivity contribution in [2.45, 2.75) is 78.7 Å². The first-order valence-electron chi connectivity index (χ1n) is 15.5. The van der Waals surface area contributed by atoms with E-state index in [1.54, 1.807) is 74.5 Å². The maximum absolute atomic E-state index is 16.4. The van der Waals surface area contributed by atoms with Gasteiger partial charge in [0.05, 0.1) is 0 Å². The molecule has 0 radical (unpaired) electrons. The van der Waals surface area contributed by atoms with Gasteiger partial charge in [-0.05, 0) is 134 Å². The first-order chi connectivity index (χ1) is 20.8. The summed E-state index contributed by atoms with van der Waals surface area (Å²) in [6, 6.07) is 20.3. The molecule has 4 aliphatic carbocycles. The molecule has 0 aromatic heterocycles. The molecule has 7 unspecified atom stereocenters. The van der Waals surface area contributed by atoms with Crippen molar-refractivity contribution in [3.8, 4) is 0 Å². The van der Waals surface area contributed by atoms with E-state index in [1.165, 1.54) is 0 Å². The molecule has 0 heterocycles. The van der Waals surface area contributed by atoms with Crippen molar-refractivity contribution in [2.24, 2.45) is 41.4 Å². The van der Waals surface area contributed by atoms with Crippen molar-refractivity contribution >= 4 is 20.4 Å². The molecule has 3 nitrogen and oxygen atoms in total. The SMILES string of the molecule is Cc1cc(C)c(S(OS(=O)(=O)C(F)(F)C(F)(F)C2CC3CC2C2C4CCC(C4)C32)(c2ccccc2)c2ccccc2)c(C)c1. The number of rotatable bonds is 8. The summed E-state index contributed by atoms with van der Waals surface area (Å²) < 4.78 is 99.3. The minimum atomic E-state index is -6.20. The van der Waals surface area contributed by atoms with E-state index in [4.69, 9.17) is 3.63 Å². The zero-order valence-electron chi connectivity index (χ0n) is 25.1. The summed E-state index contributed by atoms with van der Waals surface area (Å²) in [5.74, 6) is -5.97. The number of aryl methyl sites for hydroxylation is 3. The van der Waals surface area contributed by atoms with Gasteiger partial charge in [0, 0.05) is 20.6 Å². The Morgan fingerprint density at radius 3 is 1.77 bits per heavy atom. The lowest BCUT2D eigenvalue weighted by Gasteiger charge is -2.44. The topological polar surface area (TPSA) is 43.4 Å². The third kappa shape index (κ3) is 4.20. The maximum atomic E-state index is 16.4. The van der Waals surface area contributed by atoms with E-state index in [-0.39, 0.29) is 18.3 Å². The summed E-state index contributed by atoms with van der Waals surface area (Å²) in [7, 11) is -9.66. The molecule has 0 saturated heterocycles. The highest BCUT2D eigenvalue weighted by atomic mass is 32.3. The van der Waals surface area contributed by atoms with Crippen LogP contribution in [-0.4, -0.2) is 19.6 Å². The van der Waals surface area contributed by atoms with Crippen LogP contribution in [0.4, 0.5) is 17.6 Å². The third-order valence-electron chi connectivity index (χ3n) is 11.1. The summed E-state index contributed by atoms with van der Waals surface area (Å²) in [5.41, 5.74) is 2.16. The Kier molecular flexibility index (Phi) is 7.11. The van der Waals surface area contributed by atoms with Crippen LogP contribution in [0, 0.1) is 62.2 Å². The smallest absolute Gasteiger partial charge is 0.202 e. The van der Waals surface area contributed by atoms with Gasteiger partial charge in [0.1, 0.15) is 0 Å². The van der Waals surface area contributed by atoms with Gasteiger partial charge in [-0.3, -0.25) is 0 Å². The summed E-state index contributed by atoms with van der Waals surface area (Å²) in [6.45, 7) is 5.42. The molecule has 3 aromatic rings. The van der Waals surface area contributed by atoms with Crippen LogP contribution in [0.3, 0.4) is 0 Å². The number of benzene rings is 3. The Morgan fingerprint density at radius 2 is 1.23 bits per heavy atom. The van der Waals surface area contributed by atoms with Crippen LogP contribution < -0.4 is 0 Å². The maximum Gasteiger partial charge on any atom is 0.432 e. The second kappa shape index (κ2) is 10.3. The molecule has 4 saturated carbocycles. The van der Waals surface area contributed by atoms with Gasteiger partial charge in [-0.25, -0.2) is 3.63 Å². The van der Waals surface area contributed by atoms with Crippen molar-refractivity contribution < 1.29 is 29.6 Å². The summed E-state index contributed by atoms with van der Waals surface area (Å²) in [5, 5.41) is -5.43. The van der Waals surface area contributed by atoms with Gasteiger partial charge in [-0.1, -0.05) is 54.1 Å². The lowest BCUT2D eigenvalue weighted by atomic mass is 9.66. The highest BCUT2D eigenvalue weighted by molar-refractivity contribution is 8.33. The van der Waals surface area contributed by atoms with Gasteiger partial charge >= 0.3 is 21.3 Å². The predicted octanol–water partition coefficient (Wildman–Crippen LogP) is 9.70. The Balaban J connectivity index is 1.35. The van der Waals surface area contributed by atoms with Crippen molar-refractivity contribution in [3.05, 3.63) is 89.5 Å². The lowest BCUT2D eigenvalue weighted by molar-refractivity contribution is -0.209. The van der Waals surface area contributed by atoms with Crippen molar-refractivity contribution in [2.75, 3.05) is 0 Å². The third-order valence-corrected chi connectivity index (χ3v) is 16.7. The first-order valence-corrected chi connectivity index (χ1v) is 18.5. The lowest BCUT2D eigenvalue weighted by Crippen LogP contribution is -2.55. The fourth-order valence-electron chi connectivity index (χ4n) is 9.87. The molecule has 0 amide bonds. The van der Waals surface area contributed by atoms with Crippen LogP contribution in [0.15, 0.2) is 87.5 Å². The normalized spacial score (nSPS) is 30.1. The zero-order chi connectivity index (χ0) is 31.2. The first kappa shape index (κ1) is 30.3. The van der Waals surface area contributed by atoms with Gasteiger partial charge in [0.2, 0.25) is 0 Å². The van der Waals surface area contributed by atoms with E-state index in [2.05, 4.69) is 0 Å². The Hall–Kier alpha value is -2.36. The molecule has 7 rings (SSSR count). The number of fused-ring (bicyclic) bond motifs is 9. The van der Waals surface area contributed by atoms with Gasteiger partial charge in [0.25, 0.3) is 0 Å². The second-order valence-corrected chi connectivity index (χ2v) is 18.0. The Labute approximate surface area is 259 Å². The van der Waals surface area contributed by atoms with Crippen LogP contribution in [0.2, 0.25) is 0 Å². The van der Waals surface area contributed by atoms with Crippen LogP contribution in [-0.2, 0) is 13.7 Å². The minimum absolute atomic E-state index is 0.000918. The molecule has 4 aliphatic rings. The highest BCUT2D eigenvalue weighted by Gasteiger charge is 2.76. The molecular formula is C35H38F4O3S2. The van der Waals surface area contributed by atoms with Crippen molar-refractivity contribution in [1.29, 1.82) is 0 Å². The average molecular weight is 647 g/mol. The zero-order valence-corrected chi connectivity index (χ0v) is 26.7. The molecule has 9 heteroatoms. The van der Waals surface area contributed by atoms with E-state index in [9.17, 15) is 8.42 Å². The van der Waals surface area contributed by atoms with E-state index in [0.29, 0.717) is 50.0 Å². The number of hydrogen-bond donors (Lipinski definition) is 0. The average Bonchev–Trinajstić information content (AvgIpc) is 3.78. The summed E-state index contributed by atoms with van der Waals surface area (Å²) in [4.78, 5) is 1.07. The van der Waals surface area contributed by atoms with Gasteiger partial charge < -0.3 is 0 Å². The van der Waals surface area contributed by atoms with Crippen LogP contribution in [0.1, 0.15) is 48.8 Å². The highest BCUT2D eigenvalue weighted by Crippen LogP contribution is 2.74. The van der Waals surface area contributed by atoms with Crippen molar-refractivity contribution in [3.63, 3.8) is 0 Å². The molecule has 236 valence electrons. The molecule has 44 heavy (non-hydrogen) atoms. The van der Waals surface area contributed by atoms with Crippen LogP contribution >= 0.6 is 10.3 Å². The predicted molar refractivity (Wildman–Crippen MR) is 163 cm³/mol. The van der Waals surface area contributed by atoms with Gasteiger partial charge in [-0.2, -0.15) is 26.0 Å². The Bertz CT molecular complexity index is 1620. The van der Waals surface area contributed by atoms with Gasteiger partial charge in [-0.15, -0.1) is 0 Å². The van der Waals surface area contributed by atoms with Crippen LogP contribution in [0.5, 0.6) is 0 Å². The molecule has 0 aliphatic heterocycles. The largest absolute Gasteiger partial charge is 0.432 e. The number of halogens is 4. The minimum Gasteiger partial charge on any atom is -0.202 e. The fourth-order valence-corrected chi connectivity index (χ4v) is 15.5. The Morgan fingerprint density at radius 1 is 0.705 bits per heavy atom. The molecular weight excluding hydrogens is 609 g/mol. The number of alkyl halides is 4. The molecule has 4 bridgehead atoms. The monoisotopic (exact) mass is 646 g/mol. The van der Waals surface area contributed by atoms with E-state index in [0.717, 1.165) is 24.8 Å². The second-order valence-electron chi connectivity index (χ2n) is 13.6. The molecule has 0 N–H and O–H groups in total. The molecule has 7 atom stereocenters. The fraction of sp³-hybridized carbons (Fsp3) is 0.486. The quantitative estimate of drug-likeness (QED) is 0.181.